The quantitative estimate of drug-likeness (QED) is 0.810. The summed E-state index contributed by atoms with van der Waals surface area (Å²) in [5.74, 6) is 0. The molecule has 0 atom stereocenters. The second-order valence-corrected chi connectivity index (χ2v) is 5.52. The zero-order chi connectivity index (χ0) is 13.0. The molecule has 0 aliphatic heterocycles. The fourth-order valence-electron chi connectivity index (χ4n) is 1.41. The number of nitrogen functional groups attached to an aromatic ring is 1. The first-order valence-corrected chi connectivity index (χ1v) is 6.80. The van der Waals surface area contributed by atoms with Crippen LogP contribution in [-0.2, 0) is 16.6 Å². The standard InChI is InChI=1S/C12H13N3O2S/c13-11-3-5-12(6-4-11)18(16,17)15-9-10-2-1-7-14-8-10/h1-8,15H,9,13H2. The monoisotopic (exact) mass is 263 g/mol. The summed E-state index contributed by atoms with van der Waals surface area (Å²) in [5, 5.41) is 0. The van der Waals surface area contributed by atoms with E-state index in [2.05, 4.69) is 9.71 Å². The smallest absolute Gasteiger partial charge is 0.240 e. The van der Waals surface area contributed by atoms with Gasteiger partial charge >= 0.3 is 0 Å². The van der Waals surface area contributed by atoms with Gasteiger partial charge in [-0.3, -0.25) is 4.98 Å². The number of benzene rings is 1. The van der Waals surface area contributed by atoms with E-state index in [1.54, 1.807) is 36.7 Å². The summed E-state index contributed by atoms with van der Waals surface area (Å²) in [6.45, 7) is 0.209. The lowest BCUT2D eigenvalue weighted by molar-refractivity contribution is 0.581. The van der Waals surface area contributed by atoms with Crippen LogP contribution in [0, 0.1) is 0 Å². The highest BCUT2D eigenvalue weighted by atomic mass is 32.2. The van der Waals surface area contributed by atoms with Crippen molar-refractivity contribution in [3.63, 3.8) is 0 Å². The van der Waals surface area contributed by atoms with Gasteiger partial charge in [0.1, 0.15) is 0 Å². The third kappa shape index (κ3) is 3.06. The summed E-state index contributed by atoms with van der Waals surface area (Å²) in [6.07, 6.45) is 3.25. The maximum absolute atomic E-state index is 11.9. The first kappa shape index (κ1) is 12.5. The molecular formula is C12H13N3O2S. The predicted molar refractivity (Wildman–Crippen MR) is 69.1 cm³/mol. The van der Waals surface area contributed by atoms with E-state index in [0.717, 1.165) is 5.56 Å². The van der Waals surface area contributed by atoms with Crippen molar-refractivity contribution >= 4 is 15.7 Å². The average molecular weight is 263 g/mol. The second kappa shape index (κ2) is 5.16. The van der Waals surface area contributed by atoms with Crippen molar-refractivity contribution in [3.8, 4) is 0 Å². The number of nitrogens with two attached hydrogens (primary N) is 1. The molecule has 0 fully saturated rings. The fraction of sp³-hybridized carbons (Fsp3) is 0.0833. The van der Waals surface area contributed by atoms with Gasteiger partial charge in [-0.1, -0.05) is 6.07 Å². The van der Waals surface area contributed by atoms with E-state index in [1.165, 1.54) is 12.1 Å². The fourth-order valence-corrected chi connectivity index (χ4v) is 2.43. The molecule has 1 aromatic heterocycles. The molecule has 0 amide bonds. The summed E-state index contributed by atoms with van der Waals surface area (Å²) < 4.78 is 26.4. The molecule has 0 saturated carbocycles. The van der Waals surface area contributed by atoms with Crippen LogP contribution in [-0.4, -0.2) is 13.4 Å². The number of hydrogen-bond acceptors (Lipinski definition) is 4. The summed E-state index contributed by atoms with van der Waals surface area (Å²) >= 11 is 0. The van der Waals surface area contributed by atoms with Crippen molar-refractivity contribution in [1.82, 2.24) is 9.71 Å². The average Bonchev–Trinajstić information content (AvgIpc) is 2.38. The highest BCUT2D eigenvalue weighted by Gasteiger charge is 2.12. The van der Waals surface area contributed by atoms with E-state index >= 15 is 0 Å². The maximum Gasteiger partial charge on any atom is 0.240 e. The van der Waals surface area contributed by atoms with Crippen LogP contribution in [0.3, 0.4) is 0 Å². The molecule has 5 nitrogen and oxygen atoms in total. The van der Waals surface area contributed by atoms with Gasteiger partial charge in [-0.2, -0.15) is 0 Å². The molecule has 94 valence electrons. The van der Waals surface area contributed by atoms with Crippen molar-refractivity contribution < 1.29 is 8.42 Å². The van der Waals surface area contributed by atoms with E-state index in [-0.39, 0.29) is 11.4 Å². The summed E-state index contributed by atoms with van der Waals surface area (Å²) in [6, 6.07) is 9.62. The van der Waals surface area contributed by atoms with E-state index in [1.807, 2.05) is 0 Å². The van der Waals surface area contributed by atoms with Crippen LogP contribution in [0.2, 0.25) is 0 Å². The van der Waals surface area contributed by atoms with Crippen molar-refractivity contribution in [2.24, 2.45) is 0 Å². The molecule has 0 aliphatic rings. The van der Waals surface area contributed by atoms with Crippen molar-refractivity contribution in [1.29, 1.82) is 0 Å². The van der Waals surface area contributed by atoms with Crippen LogP contribution in [0.25, 0.3) is 0 Å². The number of pyridine rings is 1. The van der Waals surface area contributed by atoms with Gasteiger partial charge in [-0.25, -0.2) is 13.1 Å². The minimum Gasteiger partial charge on any atom is -0.399 e. The van der Waals surface area contributed by atoms with Crippen molar-refractivity contribution in [3.05, 3.63) is 54.4 Å². The molecule has 3 N–H and O–H groups in total. The molecule has 1 aromatic carbocycles. The molecule has 0 aliphatic carbocycles. The van der Waals surface area contributed by atoms with Gasteiger partial charge in [-0.15, -0.1) is 0 Å². The predicted octanol–water partition coefficient (Wildman–Crippen LogP) is 1.14. The SMILES string of the molecule is Nc1ccc(S(=O)(=O)NCc2cccnc2)cc1. The number of aromatic nitrogens is 1. The topological polar surface area (TPSA) is 85.1 Å². The Morgan fingerprint density at radius 3 is 2.50 bits per heavy atom. The number of nitrogens with zero attached hydrogens (tertiary/aromatic N) is 1. The lowest BCUT2D eigenvalue weighted by Gasteiger charge is -2.06. The third-order valence-corrected chi connectivity index (χ3v) is 3.80. The lowest BCUT2D eigenvalue weighted by Crippen LogP contribution is -2.23. The van der Waals surface area contributed by atoms with E-state index in [4.69, 9.17) is 5.73 Å². The Balaban J connectivity index is 2.11. The van der Waals surface area contributed by atoms with Crippen LogP contribution in [0.5, 0.6) is 0 Å². The summed E-state index contributed by atoms with van der Waals surface area (Å²) in [7, 11) is -3.51. The Kier molecular flexibility index (Phi) is 3.59. The van der Waals surface area contributed by atoms with E-state index in [9.17, 15) is 8.42 Å². The van der Waals surface area contributed by atoms with Gasteiger partial charge in [0.25, 0.3) is 0 Å². The zero-order valence-electron chi connectivity index (χ0n) is 9.58. The van der Waals surface area contributed by atoms with Gasteiger partial charge in [0.2, 0.25) is 10.0 Å². The van der Waals surface area contributed by atoms with E-state index < -0.39 is 10.0 Å². The Labute approximate surface area is 106 Å². The molecule has 0 unspecified atom stereocenters. The summed E-state index contributed by atoms with van der Waals surface area (Å²) in [5.41, 5.74) is 6.84. The highest BCUT2D eigenvalue weighted by molar-refractivity contribution is 7.89. The van der Waals surface area contributed by atoms with Crippen LogP contribution < -0.4 is 10.5 Å². The molecule has 6 heteroatoms. The second-order valence-electron chi connectivity index (χ2n) is 3.75. The Morgan fingerprint density at radius 2 is 1.89 bits per heavy atom. The van der Waals surface area contributed by atoms with Crippen LogP contribution >= 0.6 is 0 Å². The minimum absolute atomic E-state index is 0.195. The highest BCUT2D eigenvalue weighted by Crippen LogP contribution is 2.11. The largest absolute Gasteiger partial charge is 0.399 e. The zero-order valence-corrected chi connectivity index (χ0v) is 10.4. The Bertz CT molecular complexity index is 610. The molecule has 1 heterocycles. The minimum atomic E-state index is -3.51. The van der Waals surface area contributed by atoms with Gasteiger partial charge in [0.05, 0.1) is 4.90 Å². The molecule has 18 heavy (non-hydrogen) atoms. The van der Waals surface area contributed by atoms with Crippen molar-refractivity contribution in [2.75, 3.05) is 5.73 Å². The molecule has 0 spiro atoms. The molecule has 0 radical (unpaired) electrons. The first-order valence-electron chi connectivity index (χ1n) is 5.32. The molecule has 2 aromatic rings. The Hall–Kier alpha value is -1.92. The molecular weight excluding hydrogens is 250 g/mol. The van der Waals surface area contributed by atoms with Gasteiger partial charge in [-0.05, 0) is 35.9 Å². The maximum atomic E-state index is 11.9. The summed E-state index contributed by atoms with van der Waals surface area (Å²) in [4.78, 5) is 4.11. The molecule has 0 saturated heterocycles. The van der Waals surface area contributed by atoms with Crippen molar-refractivity contribution in [2.45, 2.75) is 11.4 Å². The first-order chi connectivity index (χ1) is 8.58. The van der Waals surface area contributed by atoms with Crippen LogP contribution in [0.1, 0.15) is 5.56 Å². The normalized spacial score (nSPS) is 11.3. The Morgan fingerprint density at radius 1 is 1.17 bits per heavy atom. The van der Waals surface area contributed by atoms with E-state index in [0.29, 0.717) is 5.69 Å². The number of hydrogen-bond donors (Lipinski definition) is 2. The lowest BCUT2D eigenvalue weighted by atomic mass is 10.3. The molecule has 2 rings (SSSR count). The van der Waals surface area contributed by atoms with Crippen LogP contribution in [0.4, 0.5) is 5.69 Å². The number of anilines is 1. The number of sulfonamides is 1. The van der Waals surface area contributed by atoms with Crippen LogP contribution in [0.15, 0.2) is 53.7 Å². The number of rotatable bonds is 4. The third-order valence-electron chi connectivity index (χ3n) is 2.38. The van der Waals surface area contributed by atoms with Gasteiger partial charge in [0.15, 0.2) is 0 Å². The van der Waals surface area contributed by atoms with Gasteiger partial charge < -0.3 is 5.73 Å². The molecule has 0 bridgehead atoms. The number of nitrogens with one attached hydrogen (secondary N) is 1. The van der Waals surface area contributed by atoms with Gasteiger partial charge in [0, 0.05) is 24.6 Å².